The van der Waals surface area contributed by atoms with E-state index in [2.05, 4.69) is 0 Å². The van der Waals surface area contributed by atoms with Crippen molar-refractivity contribution >= 4 is 8.63 Å². The topological polar surface area (TPSA) is 73.0 Å². The van der Waals surface area contributed by atoms with Crippen LogP contribution in [0.3, 0.4) is 0 Å². The van der Waals surface area contributed by atoms with Crippen LogP contribution in [-0.2, 0) is 0 Å². The monoisotopic (exact) mass is 178 g/mol. The molecule has 9 heteroatoms. The van der Waals surface area contributed by atoms with Crippen molar-refractivity contribution in [2.24, 2.45) is 0 Å². The Morgan fingerprint density at radius 2 is 0.556 bits per heavy atom. The Labute approximate surface area is 46.9 Å². The van der Waals surface area contributed by atoms with E-state index < -0.39 is 8.63 Å². The first-order valence-electron chi connectivity index (χ1n) is 1.13. The van der Waals surface area contributed by atoms with Crippen LogP contribution in [0.2, 0.25) is 0 Å². The van der Waals surface area contributed by atoms with E-state index in [0.717, 1.165) is 0 Å². The summed E-state index contributed by atoms with van der Waals surface area (Å²) in [4.78, 5) is 0. The molecule has 0 aliphatic heterocycles. The van der Waals surface area contributed by atoms with Crippen molar-refractivity contribution in [2.75, 3.05) is 0 Å². The van der Waals surface area contributed by atoms with Gasteiger partial charge in [-0.15, -0.1) is 0 Å². The van der Waals surface area contributed by atoms with Gasteiger partial charge in [0.1, 0.15) is 0 Å². The Morgan fingerprint density at radius 3 is 0.556 bits per heavy atom. The smallest absolute Gasteiger partial charge is 0.369 e. The second-order valence-corrected chi connectivity index (χ2v) is 3.21. The van der Waals surface area contributed by atoms with Crippen molar-refractivity contribution in [3.8, 4) is 0 Å². The van der Waals surface area contributed by atoms with Crippen LogP contribution in [0.25, 0.3) is 0 Å². The molecule has 64 valence electrons. The molecule has 2 nitrogen and oxygen atoms in total. The standard InChI is InChI=1S/F6Si.2H3N/c1-7(2,3,4,5)6;;/h;2*1H3/q-2;;/p+2. The predicted molar refractivity (Wildman–Crippen MR) is 24.4 cm³/mol. The third-order valence-electron chi connectivity index (χ3n) is 0. The maximum absolute atomic E-state index is 10.8. The summed E-state index contributed by atoms with van der Waals surface area (Å²) >= 11 is 0. The van der Waals surface area contributed by atoms with Crippen LogP contribution in [-0.4, -0.2) is 8.63 Å². The van der Waals surface area contributed by atoms with E-state index >= 15 is 0 Å². The fourth-order valence-corrected chi connectivity index (χ4v) is 0. The molecule has 0 unspecified atom stereocenters. The van der Waals surface area contributed by atoms with E-state index in [1.54, 1.807) is 0 Å². The quantitative estimate of drug-likeness (QED) is 0.325. The van der Waals surface area contributed by atoms with E-state index in [4.69, 9.17) is 0 Å². The summed E-state index contributed by atoms with van der Waals surface area (Å²) in [6.45, 7) is 0. The first kappa shape index (κ1) is 15.9. The molecule has 0 heterocycles. The normalized spacial score (nSPS) is 18.0. The number of halogens is 6. The Morgan fingerprint density at radius 1 is 0.556 bits per heavy atom. The maximum atomic E-state index is 9.88. The van der Waals surface area contributed by atoms with Crippen molar-refractivity contribution in [1.82, 2.24) is 12.3 Å². The van der Waals surface area contributed by atoms with E-state index in [-0.39, 0.29) is 12.3 Å². The zero-order valence-electron chi connectivity index (χ0n) is 4.77. The second kappa shape index (κ2) is 1.61. The number of hydrogen-bond donors (Lipinski definition) is 2. The van der Waals surface area contributed by atoms with Gasteiger partial charge < -0.3 is 12.3 Å². The van der Waals surface area contributed by atoms with E-state index in [1.165, 1.54) is 0 Å². The molecule has 8 N–H and O–H groups in total. The van der Waals surface area contributed by atoms with Gasteiger partial charge in [-0.25, -0.2) is 0 Å². The molecular weight excluding hydrogens is 170 g/mol. The van der Waals surface area contributed by atoms with Gasteiger partial charge in [0, 0.05) is 0 Å². The van der Waals surface area contributed by atoms with Crippen LogP contribution < -0.4 is 12.3 Å². The summed E-state index contributed by atoms with van der Waals surface area (Å²) in [6, 6.07) is 0. The summed E-state index contributed by atoms with van der Waals surface area (Å²) in [5.41, 5.74) is 0. The molecule has 0 aromatic heterocycles. The predicted octanol–water partition coefficient (Wildman–Crippen LogP) is 2.89. The minimum Gasteiger partial charge on any atom is -0.369 e. The molecule has 0 aliphatic rings. The van der Waals surface area contributed by atoms with Crippen molar-refractivity contribution < 1.29 is 24.6 Å². The molecular formula is H8F6N2Si. The van der Waals surface area contributed by atoms with Crippen LogP contribution in [0.5, 0.6) is 0 Å². The number of rotatable bonds is 0. The minimum atomic E-state index is -10.8. The van der Waals surface area contributed by atoms with Gasteiger partial charge in [-0.05, 0) is 0 Å². The summed E-state index contributed by atoms with van der Waals surface area (Å²) in [5, 5.41) is 0. The van der Waals surface area contributed by atoms with Gasteiger partial charge in [-0.2, -0.15) is 0 Å². The zero-order valence-corrected chi connectivity index (χ0v) is 5.77. The van der Waals surface area contributed by atoms with E-state index in [9.17, 15) is 24.6 Å². The molecule has 0 bridgehead atoms. The Kier molecular flexibility index (Phi) is 2.84. The van der Waals surface area contributed by atoms with E-state index in [1.807, 2.05) is 0 Å². The molecule has 0 rings (SSSR count). The van der Waals surface area contributed by atoms with Gasteiger partial charge in [0.05, 0.1) is 0 Å². The van der Waals surface area contributed by atoms with Gasteiger partial charge in [0.15, 0.2) is 0 Å². The largest absolute Gasteiger partial charge is 0.369 e. The van der Waals surface area contributed by atoms with Crippen molar-refractivity contribution in [2.45, 2.75) is 0 Å². The molecule has 0 saturated carbocycles. The third-order valence-corrected chi connectivity index (χ3v) is 0. The minimum absolute atomic E-state index is 0. The molecule has 0 aromatic rings. The third kappa shape index (κ3) is 3150. The van der Waals surface area contributed by atoms with Crippen molar-refractivity contribution in [1.29, 1.82) is 0 Å². The summed E-state index contributed by atoms with van der Waals surface area (Å²) in [5.74, 6) is 0. The van der Waals surface area contributed by atoms with Crippen molar-refractivity contribution in [3.63, 3.8) is 0 Å². The Balaban J connectivity index is -0.000000180. The molecule has 0 atom stereocenters. The summed E-state index contributed by atoms with van der Waals surface area (Å²) < 4.78 is 59.3. The molecule has 0 radical (unpaired) electrons. The molecule has 0 amide bonds. The van der Waals surface area contributed by atoms with Crippen LogP contribution >= 0.6 is 0 Å². The van der Waals surface area contributed by atoms with Crippen LogP contribution in [0.4, 0.5) is 24.6 Å². The average molecular weight is 178 g/mol. The second-order valence-electron chi connectivity index (χ2n) is 1.07. The molecule has 0 fully saturated rings. The number of hydrogen-bond acceptors (Lipinski definition) is 0. The van der Waals surface area contributed by atoms with Gasteiger partial charge >= 0.3 is 33.3 Å². The Bertz CT molecular complexity index is 69.6. The van der Waals surface area contributed by atoms with Crippen LogP contribution in [0, 0.1) is 0 Å². The van der Waals surface area contributed by atoms with Gasteiger partial charge in [0.25, 0.3) is 0 Å². The number of quaternary nitrogens is 2. The van der Waals surface area contributed by atoms with Gasteiger partial charge in [-0.1, -0.05) is 0 Å². The zero-order chi connectivity index (χ0) is 6.41. The van der Waals surface area contributed by atoms with Gasteiger partial charge in [0.2, 0.25) is 0 Å². The SMILES string of the molecule is F[Si-2](F)(F)(F)(F)F.[NH4+].[NH4+]. The molecule has 0 saturated heterocycles. The fraction of sp³-hybridized carbons (Fsp3) is 0. The molecule has 0 aliphatic carbocycles. The first-order valence-corrected chi connectivity index (χ1v) is 3.40. The molecule has 0 aromatic carbocycles. The van der Waals surface area contributed by atoms with E-state index in [0.29, 0.717) is 0 Å². The Hall–Kier alpha value is -0.283. The summed E-state index contributed by atoms with van der Waals surface area (Å²) in [7, 11) is -10.8. The average Bonchev–Trinajstić information content (AvgIpc) is 0.592. The fourth-order valence-electron chi connectivity index (χ4n) is 0. The van der Waals surface area contributed by atoms with Crippen LogP contribution in [0.1, 0.15) is 0 Å². The van der Waals surface area contributed by atoms with Crippen LogP contribution in [0.15, 0.2) is 0 Å². The molecule has 9 heavy (non-hydrogen) atoms. The van der Waals surface area contributed by atoms with Gasteiger partial charge in [-0.3, -0.25) is 0 Å². The van der Waals surface area contributed by atoms with Crippen molar-refractivity contribution in [3.05, 3.63) is 0 Å². The maximum Gasteiger partial charge on any atom is -0.369 e. The first-order chi connectivity index (χ1) is 2.45. The summed E-state index contributed by atoms with van der Waals surface area (Å²) in [6.07, 6.45) is 0. The molecule has 0 spiro atoms.